The van der Waals surface area contributed by atoms with Crippen molar-refractivity contribution in [1.82, 2.24) is 5.32 Å². The number of rotatable bonds is 7. The Kier molecular flexibility index (Phi) is 7.84. The number of carbonyl (C=O) groups is 2. The first-order chi connectivity index (χ1) is 12.8. The summed E-state index contributed by atoms with van der Waals surface area (Å²) in [6.07, 6.45) is 2.65. The molecule has 1 aliphatic carbocycles. The van der Waals surface area contributed by atoms with Crippen molar-refractivity contribution in [2.75, 3.05) is 0 Å². The highest BCUT2D eigenvalue weighted by atomic mass is 16.5. The maximum Gasteiger partial charge on any atom is 0.338 e. The minimum Gasteiger partial charge on any atom is -0.449 e. The number of esters is 1. The van der Waals surface area contributed by atoms with Gasteiger partial charge < -0.3 is 14.8 Å². The molecule has 2 rings (SSSR count). The average Bonchev–Trinajstić information content (AvgIpc) is 2.64. The zero-order valence-electron chi connectivity index (χ0n) is 17.2. The van der Waals surface area contributed by atoms with Crippen LogP contribution in [0.2, 0.25) is 0 Å². The molecule has 150 valence electrons. The Morgan fingerprint density at radius 3 is 2.41 bits per heavy atom. The first-order valence-electron chi connectivity index (χ1n) is 9.99. The quantitative estimate of drug-likeness (QED) is 0.729. The zero-order valence-corrected chi connectivity index (χ0v) is 17.2. The number of hydrogen-bond acceptors (Lipinski definition) is 4. The van der Waals surface area contributed by atoms with Crippen molar-refractivity contribution in [1.29, 1.82) is 0 Å². The average molecular weight is 376 g/mol. The summed E-state index contributed by atoms with van der Waals surface area (Å²) in [6, 6.07) is 7.25. The van der Waals surface area contributed by atoms with Gasteiger partial charge in [0.1, 0.15) is 0 Å². The van der Waals surface area contributed by atoms with Gasteiger partial charge in [-0.15, -0.1) is 0 Å². The van der Waals surface area contributed by atoms with E-state index in [4.69, 9.17) is 9.47 Å². The molecule has 1 saturated carbocycles. The van der Waals surface area contributed by atoms with Crippen molar-refractivity contribution in [3.8, 4) is 0 Å². The van der Waals surface area contributed by atoms with E-state index in [1.165, 1.54) is 6.42 Å². The normalized spacial score (nSPS) is 23.7. The smallest absolute Gasteiger partial charge is 0.338 e. The first kappa shape index (κ1) is 21.4. The van der Waals surface area contributed by atoms with Gasteiger partial charge in [-0.2, -0.15) is 0 Å². The lowest BCUT2D eigenvalue weighted by Gasteiger charge is -2.35. The van der Waals surface area contributed by atoms with Crippen LogP contribution in [-0.2, 0) is 20.9 Å². The molecule has 1 amide bonds. The van der Waals surface area contributed by atoms with Gasteiger partial charge in [-0.3, -0.25) is 4.79 Å². The van der Waals surface area contributed by atoms with Crippen molar-refractivity contribution in [3.05, 3.63) is 35.4 Å². The molecule has 0 aromatic heterocycles. The predicted molar refractivity (Wildman–Crippen MR) is 105 cm³/mol. The molecule has 1 aromatic rings. The molecule has 5 nitrogen and oxygen atoms in total. The van der Waals surface area contributed by atoms with Crippen molar-refractivity contribution < 1.29 is 19.1 Å². The highest BCUT2D eigenvalue weighted by Crippen LogP contribution is 2.29. The van der Waals surface area contributed by atoms with Crippen LogP contribution >= 0.6 is 0 Å². The molecule has 27 heavy (non-hydrogen) atoms. The van der Waals surface area contributed by atoms with E-state index < -0.39 is 12.1 Å². The van der Waals surface area contributed by atoms with Crippen LogP contribution in [-0.4, -0.2) is 30.1 Å². The molecule has 0 heterocycles. The van der Waals surface area contributed by atoms with Gasteiger partial charge in [0.2, 0.25) is 0 Å². The number of nitrogens with one attached hydrogen (secondary N) is 1. The Balaban J connectivity index is 1.86. The number of amides is 1. The van der Waals surface area contributed by atoms with Crippen LogP contribution in [0.5, 0.6) is 0 Å². The van der Waals surface area contributed by atoms with Crippen molar-refractivity contribution in [3.63, 3.8) is 0 Å². The van der Waals surface area contributed by atoms with E-state index in [-0.39, 0.29) is 18.1 Å². The summed E-state index contributed by atoms with van der Waals surface area (Å²) in [5, 5.41) is 3.06. The topological polar surface area (TPSA) is 64.6 Å². The van der Waals surface area contributed by atoms with E-state index in [0.717, 1.165) is 18.4 Å². The zero-order chi connectivity index (χ0) is 20.0. The lowest BCUT2D eigenvalue weighted by Crippen LogP contribution is -2.47. The van der Waals surface area contributed by atoms with Crippen molar-refractivity contribution in [2.24, 2.45) is 11.8 Å². The molecule has 1 fully saturated rings. The summed E-state index contributed by atoms with van der Waals surface area (Å²) < 4.78 is 10.9. The van der Waals surface area contributed by atoms with Gasteiger partial charge >= 0.3 is 5.97 Å². The number of hydrogen-bond donors (Lipinski definition) is 1. The highest BCUT2D eigenvalue weighted by Gasteiger charge is 2.30. The number of ether oxygens (including phenoxy) is 2. The maximum absolute atomic E-state index is 12.4. The van der Waals surface area contributed by atoms with E-state index in [0.29, 0.717) is 24.0 Å². The Labute approximate surface area is 162 Å². The summed E-state index contributed by atoms with van der Waals surface area (Å²) in [5.41, 5.74) is 1.43. The molecule has 0 radical (unpaired) electrons. The molecular formula is C22H33NO4. The summed E-state index contributed by atoms with van der Waals surface area (Å²) in [4.78, 5) is 24.7. The highest BCUT2D eigenvalue weighted by molar-refractivity contribution is 5.92. The van der Waals surface area contributed by atoms with Crippen LogP contribution in [0.25, 0.3) is 0 Å². The third-order valence-electron chi connectivity index (χ3n) is 5.46. The lowest BCUT2D eigenvalue weighted by atomic mass is 9.78. The minimum atomic E-state index is -0.814. The van der Waals surface area contributed by atoms with Gasteiger partial charge in [0.25, 0.3) is 5.91 Å². The van der Waals surface area contributed by atoms with Gasteiger partial charge in [-0.1, -0.05) is 38.8 Å². The van der Waals surface area contributed by atoms with Gasteiger partial charge in [-0.25, -0.2) is 4.79 Å². The van der Waals surface area contributed by atoms with Crippen LogP contribution in [0.1, 0.15) is 69.8 Å². The van der Waals surface area contributed by atoms with Crippen molar-refractivity contribution >= 4 is 11.9 Å². The fourth-order valence-corrected chi connectivity index (χ4v) is 3.37. The predicted octanol–water partition coefficient (Wildman–Crippen LogP) is 4.10. The maximum atomic E-state index is 12.4. The Bertz CT molecular complexity index is 626. The van der Waals surface area contributed by atoms with E-state index >= 15 is 0 Å². The van der Waals surface area contributed by atoms with E-state index in [9.17, 15) is 9.59 Å². The Morgan fingerprint density at radius 2 is 1.78 bits per heavy atom. The first-order valence-corrected chi connectivity index (χ1v) is 9.99. The fourth-order valence-electron chi connectivity index (χ4n) is 3.37. The third kappa shape index (κ3) is 6.35. The monoisotopic (exact) mass is 375 g/mol. The molecule has 0 spiro atoms. The molecule has 0 bridgehead atoms. The molecule has 1 N–H and O–H groups in total. The van der Waals surface area contributed by atoms with Crippen molar-refractivity contribution in [2.45, 2.75) is 78.7 Å². The molecular weight excluding hydrogens is 342 g/mol. The summed E-state index contributed by atoms with van der Waals surface area (Å²) in [5.74, 6) is 0.321. The van der Waals surface area contributed by atoms with Gasteiger partial charge in [0.05, 0.1) is 18.3 Å². The van der Waals surface area contributed by atoms with Gasteiger partial charge in [-0.05, 0) is 56.7 Å². The van der Waals surface area contributed by atoms with E-state index in [2.05, 4.69) is 19.2 Å². The molecule has 5 heteroatoms. The molecule has 1 aliphatic rings. The molecule has 0 unspecified atom stereocenters. The third-order valence-corrected chi connectivity index (χ3v) is 5.46. The Hall–Kier alpha value is -1.88. The van der Waals surface area contributed by atoms with Crippen LogP contribution in [0.3, 0.4) is 0 Å². The second-order valence-electron chi connectivity index (χ2n) is 7.99. The number of benzene rings is 1. The SMILES string of the molecule is CC(C)OCc1ccc(C(=O)O[C@H](C)C(=O)N[C@H]2CCC[C@@H](C)[C@H]2C)cc1. The Morgan fingerprint density at radius 1 is 1.11 bits per heavy atom. The van der Waals surface area contributed by atoms with Gasteiger partial charge in [0.15, 0.2) is 6.10 Å². The largest absolute Gasteiger partial charge is 0.449 e. The second kappa shape index (κ2) is 9.88. The lowest BCUT2D eigenvalue weighted by molar-refractivity contribution is -0.130. The van der Waals surface area contributed by atoms with E-state index in [1.54, 1.807) is 19.1 Å². The number of carbonyl (C=O) groups excluding carboxylic acids is 2. The fraction of sp³-hybridized carbons (Fsp3) is 0.636. The summed E-state index contributed by atoms with van der Waals surface area (Å²) >= 11 is 0. The standard InChI is InChI=1S/C22H33NO4/c1-14(2)26-13-18-9-11-19(12-10-18)22(25)27-17(5)21(24)23-20-8-6-7-15(3)16(20)4/h9-12,14-17,20H,6-8,13H2,1-5H3,(H,23,24)/t15-,16-,17-,20+/m1/s1. The van der Waals surface area contributed by atoms with Crippen LogP contribution in [0.15, 0.2) is 24.3 Å². The summed E-state index contributed by atoms with van der Waals surface area (Å²) in [6.45, 7) is 10.5. The van der Waals surface area contributed by atoms with Gasteiger partial charge in [0, 0.05) is 6.04 Å². The second-order valence-corrected chi connectivity index (χ2v) is 7.99. The minimum absolute atomic E-state index is 0.155. The van der Waals surface area contributed by atoms with Crippen LogP contribution in [0, 0.1) is 11.8 Å². The summed E-state index contributed by atoms with van der Waals surface area (Å²) in [7, 11) is 0. The molecule has 0 saturated heterocycles. The molecule has 4 atom stereocenters. The van der Waals surface area contributed by atoms with E-state index in [1.807, 2.05) is 26.0 Å². The van der Waals surface area contributed by atoms with Crippen LogP contribution < -0.4 is 5.32 Å². The molecule has 1 aromatic carbocycles. The van der Waals surface area contributed by atoms with Crippen LogP contribution in [0.4, 0.5) is 0 Å². The molecule has 0 aliphatic heterocycles.